The zero-order chi connectivity index (χ0) is 30.2. The Morgan fingerprint density at radius 3 is 2.44 bits per heavy atom. The third kappa shape index (κ3) is 7.28. The summed E-state index contributed by atoms with van der Waals surface area (Å²) in [7, 11) is 1.69. The van der Waals surface area contributed by atoms with Crippen LogP contribution in [0.15, 0.2) is 72.8 Å². The number of phenols is 1. The van der Waals surface area contributed by atoms with Crippen molar-refractivity contribution in [3.63, 3.8) is 0 Å². The van der Waals surface area contributed by atoms with E-state index in [2.05, 4.69) is 53.2 Å². The molecule has 1 aliphatic carbocycles. The van der Waals surface area contributed by atoms with Crippen LogP contribution in [0.2, 0.25) is 0 Å². The molecule has 1 aliphatic rings. The number of carbonyl (C=O) groups excluding carboxylic acids is 1. The summed E-state index contributed by atoms with van der Waals surface area (Å²) in [6.45, 7) is 3.72. The first-order valence-electron chi connectivity index (χ1n) is 15.6. The van der Waals surface area contributed by atoms with Crippen LogP contribution in [0.5, 0.6) is 11.5 Å². The first-order chi connectivity index (χ1) is 21.0. The molecule has 1 heterocycles. The molecule has 1 aromatic heterocycles. The zero-order valence-corrected chi connectivity index (χ0v) is 25.4. The van der Waals surface area contributed by atoms with Gasteiger partial charge in [0.15, 0.2) is 0 Å². The summed E-state index contributed by atoms with van der Waals surface area (Å²) in [5, 5.41) is 14.3. The molecule has 1 unspecified atom stereocenters. The molecule has 1 saturated carbocycles. The second-order valence-electron chi connectivity index (χ2n) is 11.6. The Balaban J connectivity index is 1.55. The fourth-order valence-electron chi connectivity index (χ4n) is 6.33. The molecule has 0 bridgehead atoms. The Bertz CT molecular complexity index is 1490. The van der Waals surface area contributed by atoms with Crippen molar-refractivity contribution in [3.05, 3.63) is 89.6 Å². The number of hydrogen-bond acceptors (Lipinski definition) is 5. The van der Waals surface area contributed by atoms with Crippen LogP contribution in [-0.4, -0.2) is 33.7 Å². The Labute approximate surface area is 255 Å². The largest absolute Gasteiger partial charge is 0.507 e. The van der Waals surface area contributed by atoms with Crippen molar-refractivity contribution < 1.29 is 14.6 Å². The number of nitrogens with two attached hydrogens (primary N) is 1. The van der Waals surface area contributed by atoms with Crippen LogP contribution in [0.1, 0.15) is 73.5 Å². The summed E-state index contributed by atoms with van der Waals surface area (Å²) >= 11 is 0. The molecule has 1 fully saturated rings. The van der Waals surface area contributed by atoms with Crippen molar-refractivity contribution in [1.29, 1.82) is 0 Å². The summed E-state index contributed by atoms with van der Waals surface area (Å²) in [4.78, 5) is 17.0. The minimum Gasteiger partial charge on any atom is -0.507 e. The van der Waals surface area contributed by atoms with Gasteiger partial charge in [-0.15, -0.1) is 0 Å². The lowest BCUT2D eigenvalue weighted by molar-refractivity contribution is 0.0997. The normalized spacial score (nSPS) is 14.5. The number of primary amides is 1. The molecular formula is C36H44N4O3. The van der Waals surface area contributed by atoms with Gasteiger partial charge in [0.25, 0.3) is 5.91 Å². The van der Waals surface area contributed by atoms with E-state index in [0.29, 0.717) is 12.5 Å². The predicted molar refractivity (Wildman–Crippen MR) is 172 cm³/mol. The molecule has 4 aromatic rings. The summed E-state index contributed by atoms with van der Waals surface area (Å²) in [6, 6.07) is 24.1. The van der Waals surface area contributed by atoms with E-state index < -0.39 is 5.91 Å². The maximum atomic E-state index is 11.6. The highest BCUT2D eigenvalue weighted by molar-refractivity contribution is 5.95. The molecule has 1 atom stereocenters. The van der Waals surface area contributed by atoms with Crippen LogP contribution in [-0.2, 0) is 19.5 Å². The highest BCUT2D eigenvalue weighted by Gasteiger charge is 2.28. The number of ether oxygens (including phenoxy) is 1. The first kappa shape index (κ1) is 30.4. The quantitative estimate of drug-likeness (QED) is 0.156. The van der Waals surface area contributed by atoms with Crippen molar-refractivity contribution in [2.75, 3.05) is 7.11 Å². The van der Waals surface area contributed by atoms with Gasteiger partial charge in [0.05, 0.1) is 18.4 Å². The number of hydrogen-bond donors (Lipinski definition) is 3. The van der Waals surface area contributed by atoms with E-state index in [0.717, 1.165) is 59.8 Å². The smallest absolute Gasteiger partial charge is 0.252 e. The maximum Gasteiger partial charge on any atom is 0.252 e. The van der Waals surface area contributed by atoms with Crippen molar-refractivity contribution in [2.45, 2.75) is 77.4 Å². The van der Waals surface area contributed by atoms with Gasteiger partial charge in [-0.2, -0.15) is 0 Å². The number of nitrogens with one attached hydrogen (secondary N) is 1. The van der Waals surface area contributed by atoms with Crippen molar-refractivity contribution >= 4 is 5.91 Å². The number of nitrogens with zero attached hydrogens (tertiary/aromatic N) is 2. The van der Waals surface area contributed by atoms with Crippen LogP contribution in [0, 0.1) is 5.92 Å². The monoisotopic (exact) mass is 580 g/mol. The van der Waals surface area contributed by atoms with Crippen molar-refractivity contribution in [1.82, 2.24) is 14.9 Å². The van der Waals surface area contributed by atoms with Gasteiger partial charge in [-0.05, 0) is 67.1 Å². The van der Waals surface area contributed by atoms with Gasteiger partial charge in [0.1, 0.15) is 17.3 Å². The number of rotatable bonds is 13. The van der Waals surface area contributed by atoms with E-state index in [9.17, 15) is 9.90 Å². The number of amides is 1. The van der Waals surface area contributed by atoms with Gasteiger partial charge >= 0.3 is 0 Å². The highest BCUT2D eigenvalue weighted by Crippen LogP contribution is 2.35. The SMILES string of the molecule is CCCCn1c(-c2ccccc2)nc(-c2ccc(OC)cc2)c1CC(NCc1ccc(C(N)=O)c(O)c1)C1CCCCC1. The molecule has 0 saturated heterocycles. The lowest BCUT2D eigenvalue weighted by Crippen LogP contribution is -2.39. The molecule has 5 rings (SSSR count). The number of methoxy groups -OCH3 is 1. The van der Waals surface area contributed by atoms with Gasteiger partial charge in [-0.25, -0.2) is 4.98 Å². The minimum absolute atomic E-state index is 0.0760. The molecule has 7 heteroatoms. The molecule has 4 N–H and O–H groups in total. The van der Waals surface area contributed by atoms with Crippen LogP contribution >= 0.6 is 0 Å². The van der Waals surface area contributed by atoms with Gasteiger partial charge < -0.3 is 25.5 Å². The van der Waals surface area contributed by atoms with E-state index in [1.165, 1.54) is 37.8 Å². The summed E-state index contributed by atoms with van der Waals surface area (Å²) in [5.41, 5.74) is 10.9. The average molecular weight is 581 g/mol. The molecule has 0 radical (unpaired) electrons. The first-order valence-corrected chi connectivity index (χ1v) is 15.6. The molecular weight excluding hydrogens is 536 g/mol. The second-order valence-corrected chi connectivity index (χ2v) is 11.6. The summed E-state index contributed by atoms with van der Waals surface area (Å²) in [6.07, 6.45) is 9.15. The average Bonchev–Trinajstić information content (AvgIpc) is 3.40. The van der Waals surface area contributed by atoms with Crippen LogP contribution in [0.3, 0.4) is 0 Å². The standard InChI is InChI=1S/C36H44N4O3/c1-3-4-21-40-32(34(27-16-18-29(43-2)19-17-27)39-36(40)28-13-9-6-10-14-28)23-31(26-11-7-5-8-12-26)38-24-25-15-20-30(35(37)42)33(41)22-25/h6,9-10,13-20,22,26,31,38,41H,3-5,7-8,11-12,21,23-24H2,1-2H3,(H2,37,42). The fraction of sp³-hybridized carbons (Fsp3) is 0.389. The minimum atomic E-state index is -0.627. The number of unbranched alkanes of at least 4 members (excludes halogenated alkanes) is 1. The Morgan fingerprint density at radius 2 is 1.79 bits per heavy atom. The Morgan fingerprint density at radius 1 is 1.05 bits per heavy atom. The number of imidazole rings is 1. The van der Waals surface area contributed by atoms with Gasteiger partial charge in [-0.1, -0.05) is 69.0 Å². The summed E-state index contributed by atoms with van der Waals surface area (Å²) in [5.74, 6) is 1.66. The fourth-order valence-corrected chi connectivity index (χ4v) is 6.33. The number of aromatic hydroxyl groups is 1. The Hall–Kier alpha value is -4.10. The molecule has 1 amide bonds. The van der Waals surface area contributed by atoms with E-state index in [1.807, 2.05) is 24.3 Å². The van der Waals surface area contributed by atoms with Gasteiger partial charge in [-0.3, -0.25) is 4.79 Å². The van der Waals surface area contributed by atoms with Crippen LogP contribution in [0.25, 0.3) is 22.6 Å². The second kappa shape index (κ2) is 14.4. The molecule has 7 nitrogen and oxygen atoms in total. The molecule has 0 aliphatic heterocycles. The topological polar surface area (TPSA) is 102 Å². The van der Waals surface area contributed by atoms with Gasteiger partial charge in [0.2, 0.25) is 0 Å². The molecule has 0 spiro atoms. The molecule has 3 aromatic carbocycles. The zero-order valence-electron chi connectivity index (χ0n) is 25.4. The van der Waals surface area contributed by atoms with E-state index >= 15 is 0 Å². The summed E-state index contributed by atoms with van der Waals surface area (Å²) < 4.78 is 7.90. The van der Waals surface area contributed by atoms with Crippen molar-refractivity contribution in [3.8, 4) is 34.1 Å². The molecule has 226 valence electrons. The van der Waals surface area contributed by atoms with E-state index in [-0.39, 0.29) is 17.4 Å². The Kier molecular flexibility index (Phi) is 10.2. The van der Waals surface area contributed by atoms with Crippen LogP contribution < -0.4 is 15.8 Å². The number of aromatic nitrogens is 2. The van der Waals surface area contributed by atoms with Crippen molar-refractivity contribution in [2.24, 2.45) is 11.7 Å². The third-order valence-corrected chi connectivity index (χ3v) is 8.73. The maximum absolute atomic E-state index is 11.6. The highest BCUT2D eigenvalue weighted by atomic mass is 16.5. The van der Waals surface area contributed by atoms with Gasteiger partial charge in [0, 0.05) is 42.4 Å². The van der Waals surface area contributed by atoms with Crippen LogP contribution in [0.4, 0.5) is 0 Å². The third-order valence-electron chi connectivity index (χ3n) is 8.73. The number of benzene rings is 3. The molecule has 43 heavy (non-hydrogen) atoms. The number of carbonyl (C=O) groups is 1. The lowest BCUT2D eigenvalue weighted by atomic mass is 9.81. The lowest BCUT2D eigenvalue weighted by Gasteiger charge is -2.32. The van der Waals surface area contributed by atoms with E-state index in [4.69, 9.17) is 15.5 Å². The predicted octanol–water partition coefficient (Wildman–Crippen LogP) is 7.11. The van der Waals surface area contributed by atoms with E-state index in [1.54, 1.807) is 19.2 Å².